The minimum atomic E-state index is -0.494. The van der Waals surface area contributed by atoms with Crippen molar-refractivity contribution in [1.82, 2.24) is 20.3 Å². The summed E-state index contributed by atoms with van der Waals surface area (Å²) in [5, 5.41) is 20.8. The lowest BCUT2D eigenvalue weighted by molar-refractivity contribution is -0.00633. The largest absolute Gasteiger partial charge is 0.391 e. The Morgan fingerprint density at radius 2 is 2.33 bits per heavy atom. The number of hydrogen-bond donors (Lipinski definition) is 2. The van der Waals surface area contributed by atoms with Gasteiger partial charge in [-0.3, -0.25) is 9.48 Å². The third-order valence-corrected chi connectivity index (χ3v) is 4.20. The molecule has 3 atom stereocenters. The van der Waals surface area contributed by atoms with E-state index in [9.17, 15) is 9.90 Å². The van der Waals surface area contributed by atoms with Crippen LogP contribution in [0.15, 0.2) is 29.0 Å². The van der Waals surface area contributed by atoms with Crippen LogP contribution in [0, 0.1) is 0 Å². The van der Waals surface area contributed by atoms with E-state index >= 15 is 0 Å². The van der Waals surface area contributed by atoms with Crippen LogP contribution < -0.4 is 5.32 Å². The summed E-state index contributed by atoms with van der Waals surface area (Å²) >= 11 is 0. The summed E-state index contributed by atoms with van der Waals surface area (Å²) < 4.78 is 6.78. The normalized spacial score (nSPS) is 28.1. The van der Waals surface area contributed by atoms with Crippen molar-refractivity contribution in [2.75, 3.05) is 0 Å². The topological polar surface area (TPSA) is 93.2 Å². The predicted octanol–water partition coefficient (Wildman–Crippen LogP) is 0.853. The molecule has 2 aliphatic rings. The van der Waals surface area contributed by atoms with E-state index in [1.54, 1.807) is 29.2 Å². The Labute approximate surface area is 120 Å². The summed E-state index contributed by atoms with van der Waals surface area (Å²) in [7, 11) is 0. The van der Waals surface area contributed by atoms with E-state index in [1.165, 1.54) is 0 Å². The summed E-state index contributed by atoms with van der Waals surface area (Å²) in [5.74, 6) is 0.401. The van der Waals surface area contributed by atoms with Gasteiger partial charge in [0.1, 0.15) is 0 Å². The van der Waals surface area contributed by atoms with Gasteiger partial charge in [0.25, 0.3) is 5.91 Å². The number of hydrogen-bond acceptors (Lipinski definition) is 5. The fraction of sp³-hybridized carbons (Fsp3) is 0.500. The predicted molar refractivity (Wildman–Crippen MR) is 71.6 cm³/mol. The lowest BCUT2D eigenvalue weighted by Crippen LogP contribution is -2.56. The Morgan fingerprint density at radius 1 is 1.48 bits per heavy atom. The van der Waals surface area contributed by atoms with Gasteiger partial charge < -0.3 is 14.9 Å². The molecule has 0 aliphatic heterocycles. The quantitative estimate of drug-likeness (QED) is 0.870. The summed E-state index contributed by atoms with van der Waals surface area (Å²) in [6.45, 7) is 0. The molecule has 0 aromatic carbocycles. The van der Waals surface area contributed by atoms with Gasteiger partial charge in [-0.2, -0.15) is 5.10 Å². The smallest absolute Gasteiger partial charge is 0.290 e. The standard InChI is InChI=1S/C14H16N4O3/c19-11-6-10(13(11)18-5-1-4-15-18)16-14(20)12-7-9(17-21-12)8-2-3-8/h1,4-5,7-8,10-11,13,19H,2-3,6H2,(H,16,20)/t10-,11+,13+/m0/s1. The molecule has 110 valence electrons. The first-order valence-electron chi connectivity index (χ1n) is 7.17. The molecule has 0 spiro atoms. The third-order valence-electron chi connectivity index (χ3n) is 4.20. The van der Waals surface area contributed by atoms with Crippen LogP contribution >= 0.6 is 0 Å². The van der Waals surface area contributed by atoms with E-state index in [1.807, 2.05) is 0 Å². The van der Waals surface area contributed by atoms with Gasteiger partial charge in [0, 0.05) is 24.4 Å². The van der Waals surface area contributed by atoms with E-state index in [0.29, 0.717) is 12.3 Å². The highest BCUT2D eigenvalue weighted by Gasteiger charge is 2.43. The van der Waals surface area contributed by atoms with Crippen molar-refractivity contribution in [1.29, 1.82) is 0 Å². The summed E-state index contributed by atoms with van der Waals surface area (Å²) in [4.78, 5) is 12.2. The molecule has 0 bridgehead atoms. The molecule has 2 aromatic heterocycles. The molecule has 2 aliphatic carbocycles. The number of carbonyl (C=O) groups is 1. The van der Waals surface area contributed by atoms with Crippen molar-refractivity contribution in [3.63, 3.8) is 0 Å². The second kappa shape index (κ2) is 4.70. The van der Waals surface area contributed by atoms with Gasteiger partial charge in [-0.05, 0) is 25.3 Å². The number of nitrogens with zero attached hydrogens (tertiary/aromatic N) is 3. The number of aliphatic hydroxyl groups excluding tert-OH is 1. The highest BCUT2D eigenvalue weighted by atomic mass is 16.5. The molecule has 21 heavy (non-hydrogen) atoms. The van der Waals surface area contributed by atoms with Crippen molar-refractivity contribution in [3.05, 3.63) is 36.0 Å². The second-order valence-corrected chi connectivity index (χ2v) is 5.75. The minimum Gasteiger partial charge on any atom is -0.391 e. The Hall–Kier alpha value is -2.15. The monoisotopic (exact) mass is 288 g/mol. The van der Waals surface area contributed by atoms with Gasteiger partial charge >= 0.3 is 0 Å². The number of carbonyl (C=O) groups excluding carboxylic acids is 1. The highest BCUT2D eigenvalue weighted by Crippen LogP contribution is 2.39. The average Bonchev–Trinajstić information content (AvgIpc) is 2.98. The fourth-order valence-electron chi connectivity index (χ4n) is 2.78. The summed E-state index contributed by atoms with van der Waals surface area (Å²) in [6.07, 6.45) is 5.69. The third kappa shape index (κ3) is 2.23. The van der Waals surface area contributed by atoms with E-state index in [2.05, 4.69) is 15.6 Å². The Morgan fingerprint density at radius 3 is 3.00 bits per heavy atom. The number of aliphatic hydroxyl groups is 1. The molecule has 2 fully saturated rings. The zero-order chi connectivity index (χ0) is 14.4. The van der Waals surface area contributed by atoms with Gasteiger partial charge in [0.15, 0.2) is 0 Å². The van der Waals surface area contributed by atoms with Crippen LogP contribution in [0.25, 0.3) is 0 Å². The van der Waals surface area contributed by atoms with Crippen molar-refractivity contribution < 1.29 is 14.4 Å². The van der Waals surface area contributed by atoms with Crippen LogP contribution in [-0.4, -0.2) is 38.1 Å². The first-order chi connectivity index (χ1) is 10.2. The molecule has 0 unspecified atom stereocenters. The van der Waals surface area contributed by atoms with Crippen LogP contribution in [0.5, 0.6) is 0 Å². The minimum absolute atomic E-state index is 0.151. The van der Waals surface area contributed by atoms with Crippen molar-refractivity contribution in [2.45, 2.75) is 43.4 Å². The number of aromatic nitrogens is 3. The van der Waals surface area contributed by atoms with E-state index < -0.39 is 6.10 Å². The molecule has 1 amide bonds. The molecule has 0 saturated heterocycles. The second-order valence-electron chi connectivity index (χ2n) is 5.75. The van der Waals surface area contributed by atoms with Crippen LogP contribution in [0.2, 0.25) is 0 Å². The molecule has 2 saturated carbocycles. The Balaban J connectivity index is 1.44. The van der Waals surface area contributed by atoms with Crippen molar-refractivity contribution in [2.24, 2.45) is 0 Å². The molecule has 2 heterocycles. The molecular formula is C14H16N4O3. The number of amides is 1. The molecule has 4 rings (SSSR count). The van der Waals surface area contributed by atoms with Crippen LogP contribution in [-0.2, 0) is 0 Å². The zero-order valence-corrected chi connectivity index (χ0v) is 11.3. The Bertz CT molecular complexity index is 647. The maximum absolute atomic E-state index is 12.2. The van der Waals surface area contributed by atoms with Crippen molar-refractivity contribution in [3.8, 4) is 0 Å². The lowest BCUT2D eigenvalue weighted by atomic mass is 9.83. The Kier molecular flexibility index (Phi) is 2.81. The molecule has 7 nitrogen and oxygen atoms in total. The zero-order valence-electron chi connectivity index (χ0n) is 11.3. The van der Waals surface area contributed by atoms with Gasteiger partial charge in [0.05, 0.1) is 23.9 Å². The molecule has 7 heteroatoms. The highest BCUT2D eigenvalue weighted by molar-refractivity contribution is 5.91. The molecule has 2 aromatic rings. The number of nitrogens with one attached hydrogen (secondary N) is 1. The van der Waals surface area contributed by atoms with Gasteiger partial charge in [0.2, 0.25) is 5.76 Å². The van der Waals surface area contributed by atoms with Gasteiger partial charge in [-0.25, -0.2) is 0 Å². The maximum Gasteiger partial charge on any atom is 0.290 e. The molecule has 0 radical (unpaired) electrons. The van der Waals surface area contributed by atoms with E-state index in [-0.39, 0.29) is 23.8 Å². The van der Waals surface area contributed by atoms with Gasteiger partial charge in [-0.1, -0.05) is 5.16 Å². The molecule has 2 N–H and O–H groups in total. The summed E-state index contributed by atoms with van der Waals surface area (Å²) in [6, 6.07) is 3.13. The van der Waals surface area contributed by atoms with E-state index in [4.69, 9.17) is 4.52 Å². The average molecular weight is 288 g/mol. The first kappa shape index (κ1) is 12.6. The van der Waals surface area contributed by atoms with Gasteiger partial charge in [-0.15, -0.1) is 0 Å². The first-order valence-corrected chi connectivity index (χ1v) is 7.17. The van der Waals surface area contributed by atoms with Crippen LogP contribution in [0.4, 0.5) is 0 Å². The van der Waals surface area contributed by atoms with Crippen molar-refractivity contribution >= 4 is 5.91 Å². The lowest BCUT2D eigenvalue weighted by Gasteiger charge is -2.41. The molecular weight excluding hydrogens is 272 g/mol. The van der Waals surface area contributed by atoms with Crippen LogP contribution in [0.3, 0.4) is 0 Å². The van der Waals surface area contributed by atoms with E-state index in [0.717, 1.165) is 18.5 Å². The number of rotatable bonds is 4. The fourth-order valence-corrected chi connectivity index (χ4v) is 2.78. The summed E-state index contributed by atoms with van der Waals surface area (Å²) in [5.41, 5.74) is 0.859. The van der Waals surface area contributed by atoms with Crippen LogP contribution in [0.1, 0.15) is 47.5 Å². The maximum atomic E-state index is 12.2. The SMILES string of the molecule is O=C(N[C@H]1C[C@@H](O)[C@@H]1n1cccn1)c1cc(C2CC2)no1.